The largest absolute Gasteiger partial charge is 0.496 e. The highest BCUT2D eigenvalue weighted by atomic mass is 35.5. The third kappa shape index (κ3) is 6.57. The van der Waals surface area contributed by atoms with Gasteiger partial charge in [-0.1, -0.05) is 35.3 Å². The van der Waals surface area contributed by atoms with Crippen LogP contribution in [0.25, 0.3) is 6.08 Å². The first-order valence-electron chi connectivity index (χ1n) is 7.68. The molecule has 2 aromatic rings. The van der Waals surface area contributed by atoms with Gasteiger partial charge in [-0.2, -0.15) is 13.2 Å². The van der Waals surface area contributed by atoms with E-state index in [2.05, 4.69) is 4.74 Å². The summed E-state index contributed by atoms with van der Waals surface area (Å²) in [6.45, 7) is -1.63. The van der Waals surface area contributed by atoms with Gasteiger partial charge in [0.2, 0.25) is 0 Å². The lowest BCUT2D eigenvalue weighted by Gasteiger charge is -2.11. The number of ketones is 1. The van der Waals surface area contributed by atoms with Gasteiger partial charge < -0.3 is 9.47 Å². The second kappa shape index (κ2) is 9.26. The summed E-state index contributed by atoms with van der Waals surface area (Å²) < 4.78 is 46.5. The minimum absolute atomic E-state index is 0.268. The second-order valence-electron chi connectivity index (χ2n) is 5.51. The topological polar surface area (TPSA) is 35.5 Å². The normalized spacial score (nSPS) is 11.8. The first kappa shape index (κ1) is 21.3. The lowest BCUT2D eigenvalue weighted by Crippen LogP contribution is -2.16. The number of ether oxygens (including phenoxy) is 2. The third-order valence-corrected chi connectivity index (χ3v) is 4.20. The molecule has 0 aromatic heterocycles. The molecule has 0 fully saturated rings. The zero-order valence-corrected chi connectivity index (χ0v) is 15.7. The van der Waals surface area contributed by atoms with Gasteiger partial charge in [0.15, 0.2) is 5.78 Å². The summed E-state index contributed by atoms with van der Waals surface area (Å²) in [5.41, 5.74) is 1.41. The van der Waals surface area contributed by atoms with Crippen LogP contribution in [-0.2, 0) is 11.3 Å². The summed E-state index contributed by atoms with van der Waals surface area (Å²) in [7, 11) is 1.41. The van der Waals surface area contributed by atoms with Crippen LogP contribution in [0.3, 0.4) is 0 Å². The first-order chi connectivity index (χ1) is 12.7. The molecule has 0 N–H and O–H groups in total. The molecule has 0 spiro atoms. The van der Waals surface area contributed by atoms with Crippen molar-refractivity contribution >= 4 is 35.1 Å². The molecule has 2 aromatic carbocycles. The number of carbonyl (C=O) groups excluding carboxylic acids is 1. The summed E-state index contributed by atoms with van der Waals surface area (Å²) in [6.07, 6.45) is -1.53. The fourth-order valence-corrected chi connectivity index (χ4v) is 2.51. The van der Waals surface area contributed by atoms with E-state index in [9.17, 15) is 18.0 Å². The Bertz CT molecular complexity index is 849. The Labute approximate surface area is 164 Å². The number of methoxy groups -OCH3 is 1. The van der Waals surface area contributed by atoms with Crippen molar-refractivity contribution in [1.82, 2.24) is 0 Å². The minimum Gasteiger partial charge on any atom is -0.496 e. The molecule has 2 rings (SSSR count). The van der Waals surface area contributed by atoms with Gasteiger partial charge in [0.05, 0.1) is 23.8 Å². The van der Waals surface area contributed by atoms with E-state index in [4.69, 9.17) is 27.9 Å². The maximum atomic E-state index is 12.2. The second-order valence-corrected chi connectivity index (χ2v) is 6.32. The van der Waals surface area contributed by atoms with Gasteiger partial charge in [-0.3, -0.25) is 4.79 Å². The monoisotopic (exact) mass is 418 g/mol. The Balaban J connectivity index is 2.13. The van der Waals surface area contributed by atoms with E-state index < -0.39 is 12.8 Å². The van der Waals surface area contributed by atoms with Crippen molar-refractivity contribution in [1.29, 1.82) is 0 Å². The van der Waals surface area contributed by atoms with E-state index in [0.717, 1.165) is 0 Å². The highest BCUT2D eigenvalue weighted by Crippen LogP contribution is 2.25. The maximum Gasteiger partial charge on any atom is 0.411 e. The molecule has 0 aliphatic rings. The summed E-state index contributed by atoms with van der Waals surface area (Å²) in [4.78, 5) is 12.2. The van der Waals surface area contributed by atoms with Gasteiger partial charge in [-0.05, 0) is 42.0 Å². The van der Waals surface area contributed by atoms with Crippen molar-refractivity contribution in [2.24, 2.45) is 0 Å². The highest BCUT2D eigenvalue weighted by molar-refractivity contribution is 6.42. The zero-order valence-electron chi connectivity index (χ0n) is 14.1. The fraction of sp³-hybridized carbons (Fsp3) is 0.211. The third-order valence-electron chi connectivity index (χ3n) is 3.46. The number of alkyl halides is 3. The molecule has 0 bridgehead atoms. The van der Waals surface area contributed by atoms with E-state index in [1.54, 1.807) is 24.3 Å². The van der Waals surface area contributed by atoms with Crippen LogP contribution < -0.4 is 4.74 Å². The Hall–Kier alpha value is -2.02. The van der Waals surface area contributed by atoms with Crippen molar-refractivity contribution in [2.75, 3.05) is 13.7 Å². The Kier molecular flexibility index (Phi) is 7.30. The number of allylic oxidation sites excluding steroid dienone is 1. The number of benzene rings is 2. The molecule has 0 unspecified atom stereocenters. The van der Waals surface area contributed by atoms with Crippen LogP contribution >= 0.6 is 23.2 Å². The SMILES string of the molecule is COc1ccc(/C=C/C(=O)c2ccc(Cl)c(Cl)c2)cc1COCC(F)(F)F. The Morgan fingerprint density at radius 2 is 1.85 bits per heavy atom. The van der Waals surface area contributed by atoms with Gasteiger partial charge in [-0.25, -0.2) is 0 Å². The molecule has 0 amide bonds. The summed E-state index contributed by atoms with van der Waals surface area (Å²) in [5.74, 6) is 0.101. The van der Waals surface area contributed by atoms with Crippen molar-refractivity contribution in [3.63, 3.8) is 0 Å². The predicted molar refractivity (Wildman–Crippen MR) is 98.5 cm³/mol. The summed E-state index contributed by atoms with van der Waals surface area (Å²) in [6, 6.07) is 9.38. The number of hydrogen-bond donors (Lipinski definition) is 0. The van der Waals surface area contributed by atoms with E-state index >= 15 is 0 Å². The molecular formula is C19H15Cl2F3O3. The molecule has 8 heteroatoms. The molecule has 144 valence electrons. The molecular weight excluding hydrogens is 404 g/mol. The van der Waals surface area contributed by atoms with Crippen molar-refractivity contribution in [2.45, 2.75) is 12.8 Å². The highest BCUT2D eigenvalue weighted by Gasteiger charge is 2.27. The molecule has 0 heterocycles. The van der Waals surface area contributed by atoms with Gasteiger partial charge in [0.1, 0.15) is 12.4 Å². The predicted octanol–water partition coefficient (Wildman–Crippen LogP) is 5.98. The molecule has 27 heavy (non-hydrogen) atoms. The van der Waals surface area contributed by atoms with Crippen LogP contribution in [0.5, 0.6) is 5.75 Å². The van der Waals surface area contributed by atoms with Crippen molar-refractivity contribution in [3.05, 3.63) is 69.2 Å². The molecule has 0 saturated carbocycles. The average molecular weight is 419 g/mol. The lowest BCUT2D eigenvalue weighted by atomic mass is 10.1. The molecule has 0 aliphatic carbocycles. The molecule has 0 atom stereocenters. The number of hydrogen-bond acceptors (Lipinski definition) is 3. The quantitative estimate of drug-likeness (QED) is 0.409. The van der Waals surface area contributed by atoms with Gasteiger partial charge >= 0.3 is 6.18 Å². The molecule has 3 nitrogen and oxygen atoms in total. The lowest BCUT2D eigenvalue weighted by molar-refractivity contribution is -0.176. The van der Waals surface area contributed by atoms with E-state index in [-0.39, 0.29) is 17.4 Å². The van der Waals surface area contributed by atoms with Crippen LogP contribution in [0, 0.1) is 0 Å². The fourth-order valence-electron chi connectivity index (χ4n) is 2.21. The summed E-state index contributed by atoms with van der Waals surface area (Å²) in [5, 5.41) is 0.611. The smallest absolute Gasteiger partial charge is 0.411 e. The van der Waals surface area contributed by atoms with E-state index in [0.29, 0.717) is 27.5 Å². The van der Waals surface area contributed by atoms with E-state index in [1.807, 2.05) is 0 Å². The Morgan fingerprint density at radius 3 is 2.48 bits per heavy atom. The number of halogens is 5. The van der Waals surface area contributed by atoms with Crippen LogP contribution in [0.2, 0.25) is 10.0 Å². The van der Waals surface area contributed by atoms with Crippen LogP contribution in [-0.4, -0.2) is 25.7 Å². The van der Waals surface area contributed by atoms with Gasteiger partial charge in [-0.15, -0.1) is 0 Å². The van der Waals surface area contributed by atoms with Crippen LogP contribution in [0.1, 0.15) is 21.5 Å². The van der Waals surface area contributed by atoms with Crippen molar-refractivity contribution < 1.29 is 27.4 Å². The minimum atomic E-state index is -4.41. The first-order valence-corrected chi connectivity index (χ1v) is 8.44. The summed E-state index contributed by atoms with van der Waals surface area (Å²) >= 11 is 11.7. The van der Waals surface area contributed by atoms with Gasteiger partial charge in [0, 0.05) is 11.1 Å². The van der Waals surface area contributed by atoms with Crippen LogP contribution in [0.4, 0.5) is 13.2 Å². The Morgan fingerprint density at radius 1 is 1.11 bits per heavy atom. The van der Waals surface area contributed by atoms with Gasteiger partial charge in [0.25, 0.3) is 0 Å². The molecule has 0 aliphatic heterocycles. The van der Waals surface area contributed by atoms with Crippen LogP contribution in [0.15, 0.2) is 42.5 Å². The maximum absolute atomic E-state index is 12.2. The van der Waals surface area contributed by atoms with E-state index in [1.165, 1.54) is 31.4 Å². The number of carbonyl (C=O) groups is 1. The average Bonchev–Trinajstić information content (AvgIpc) is 2.61. The zero-order chi connectivity index (χ0) is 20.0. The number of rotatable bonds is 7. The molecule has 0 radical (unpaired) electrons. The standard InChI is InChI=1S/C19H15Cl2F3O3/c1-26-18-7-3-12(8-14(18)10-27-11-19(22,23)24)2-6-17(25)13-4-5-15(20)16(21)9-13/h2-9H,10-11H2,1H3/b6-2+. The van der Waals surface area contributed by atoms with Crippen molar-refractivity contribution in [3.8, 4) is 5.75 Å². The molecule has 0 saturated heterocycles.